The SMILES string of the molecule is O=C(NCCc1cc2ccccc2o1)NCC1(O)CCSC1. The number of benzene rings is 1. The topological polar surface area (TPSA) is 74.5 Å². The molecule has 1 aliphatic heterocycles. The highest BCUT2D eigenvalue weighted by Gasteiger charge is 2.31. The Morgan fingerprint density at radius 1 is 1.36 bits per heavy atom. The maximum absolute atomic E-state index is 11.7. The van der Waals surface area contributed by atoms with E-state index < -0.39 is 5.60 Å². The quantitative estimate of drug-likeness (QED) is 0.789. The lowest BCUT2D eigenvalue weighted by Crippen LogP contribution is -2.46. The number of urea groups is 1. The van der Waals surface area contributed by atoms with E-state index in [1.165, 1.54) is 0 Å². The number of carbonyl (C=O) groups is 1. The maximum atomic E-state index is 11.7. The van der Waals surface area contributed by atoms with E-state index in [2.05, 4.69) is 10.6 Å². The van der Waals surface area contributed by atoms with Gasteiger partial charge in [0.1, 0.15) is 11.3 Å². The molecule has 118 valence electrons. The molecule has 0 spiro atoms. The van der Waals surface area contributed by atoms with Crippen molar-refractivity contribution in [2.45, 2.75) is 18.4 Å². The minimum atomic E-state index is -0.749. The molecule has 2 amide bonds. The number of para-hydroxylation sites is 1. The second-order valence-corrected chi connectivity index (χ2v) is 6.74. The number of rotatable bonds is 5. The van der Waals surface area contributed by atoms with E-state index in [9.17, 15) is 9.90 Å². The minimum Gasteiger partial charge on any atom is -0.461 e. The fourth-order valence-electron chi connectivity index (χ4n) is 2.50. The molecule has 1 unspecified atom stereocenters. The Balaban J connectivity index is 1.41. The summed E-state index contributed by atoms with van der Waals surface area (Å²) in [5.74, 6) is 2.49. The Kier molecular flexibility index (Phi) is 4.59. The molecule has 2 heterocycles. The lowest BCUT2D eigenvalue weighted by molar-refractivity contribution is 0.0700. The fraction of sp³-hybridized carbons (Fsp3) is 0.438. The van der Waals surface area contributed by atoms with Crippen molar-refractivity contribution in [2.75, 3.05) is 24.6 Å². The van der Waals surface area contributed by atoms with Gasteiger partial charge >= 0.3 is 6.03 Å². The van der Waals surface area contributed by atoms with Gasteiger partial charge in [0.2, 0.25) is 0 Å². The van der Waals surface area contributed by atoms with Crippen LogP contribution >= 0.6 is 11.8 Å². The van der Waals surface area contributed by atoms with Crippen molar-refractivity contribution in [2.24, 2.45) is 0 Å². The van der Waals surface area contributed by atoms with Gasteiger partial charge in [-0.2, -0.15) is 11.8 Å². The molecule has 2 aromatic rings. The Hall–Kier alpha value is -1.66. The number of nitrogens with one attached hydrogen (secondary N) is 2. The number of fused-ring (bicyclic) bond motifs is 1. The first-order chi connectivity index (χ1) is 10.6. The van der Waals surface area contributed by atoms with E-state index >= 15 is 0 Å². The molecular weight excluding hydrogens is 300 g/mol. The summed E-state index contributed by atoms with van der Waals surface area (Å²) in [7, 11) is 0. The largest absolute Gasteiger partial charge is 0.461 e. The minimum absolute atomic E-state index is 0.249. The van der Waals surface area contributed by atoms with Crippen molar-refractivity contribution in [3.8, 4) is 0 Å². The number of amides is 2. The van der Waals surface area contributed by atoms with Crippen LogP contribution in [0.5, 0.6) is 0 Å². The van der Waals surface area contributed by atoms with Gasteiger partial charge in [0, 0.05) is 30.6 Å². The molecule has 1 aromatic carbocycles. The summed E-state index contributed by atoms with van der Waals surface area (Å²) in [6.07, 6.45) is 1.37. The maximum Gasteiger partial charge on any atom is 0.314 e. The van der Waals surface area contributed by atoms with Crippen molar-refractivity contribution in [3.05, 3.63) is 36.1 Å². The van der Waals surface area contributed by atoms with Crippen LogP contribution < -0.4 is 10.6 Å². The molecule has 22 heavy (non-hydrogen) atoms. The monoisotopic (exact) mass is 320 g/mol. The summed E-state index contributed by atoms with van der Waals surface area (Å²) in [4.78, 5) is 11.7. The summed E-state index contributed by atoms with van der Waals surface area (Å²) < 4.78 is 5.69. The van der Waals surface area contributed by atoms with Gasteiger partial charge < -0.3 is 20.2 Å². The molecule has 1 fully saturated rings. The van der Waals surface area contributed by atoms with Gasteiger partial charge in [-0.3, -0.25) is 0 Å². The number of thioether (sulfide) groups is 1. The summed E-state index contributed by atoms with van der Waals surface area (Å²) in [5.41, 5.74) is 0.115. The van der Waals surface area contributed by atoms with Crippen LogP contribution in [0, 0.1) is 0 Å². The third-order valence-electron chi connectivity index (χ3n) is 3.79. The van der Waals surface area contributed by atoms with E-state index in [0.717, 1.165) is 28.9 Å². The van der Waals surface area contributed by atoms with Gasteiger partial charge in [-0.05, 0) is 24.3 Å². The Labute approximate surface area is 133 Å². The second-order valence-electron chi connectivity index (χ2n) is 5.64. The van der Waals surface area contributed by atoms with Crippen molar-refractivity contribution >= 4 is 28.8 Å². The van der Waals surface area contributed by atoms with Crippen molar-refractivity contribution in [1.29, 1.82) is 0 Å². The van der Waals surface area contributed by atoms with Crippen LogP contribution in [0.2, 0.25) is 0 Å². The fourth-order valence-corrected chi connectivity index (χ4v) is 3.80. The zero-order valence-electron chi connectivity index (χ0n) is 12.3. The van der Waals surface area contributed by atoms with Gasteiger partial charge in [-0.1, -0.05) is 18.2 Å². The number of furan rings is 1. The third-order valence-corrected chi connectivity index (χ3v) is 5.03. The van der Waals surface area contributed by atoms with E-state index in [-0.39, 0.29) is 6.03 Å². The number of hydrogen-bond donors (Lipinski definition) is 3. The Morgan fingerprint density at radius 2 is 2.23 bits per heavy atom. The molecule has 1 saturated heterocycles. The molecule has 5 nitrogen and oxygen atoms in total. The molecule has 1 atom stereocenters. The van der Waals surface area contributed by atoms with Crippen LogP contribution in [0.4, 0.5) is 4.79 Å². The van der Waals surface area contributed by atoms with Gasteiger partial charge in [-0.15, -0.1) is 0 Å². The first-order valence-electron chi connectivity index (χ1n) is 7.44. The number of hydrogen-bond acceptors (Lipinski definition) is 4. The van der Waals surface area contributed by atoms with Crippen molar-refractivity contribution in [3.63, 3.8) is 0 Å². The molecule has 0 radical (unpaired) electrons. The molecule has 3 N–H and O–H groups in total. The second kappa shape index (κ2) is 6.62. The Morgan fingerprint density at radius 3 is 3.00 bits per heavy atom. The normalized spacial score (nSPS) is 21.1. The lowest BCUT2D eigenvalue weighted by atomic mass is 10.0. The van der Waals surface area contributed by atoms with E-state index in [1.54, 1.807) is 11.8 Å². The summed E-state index contributed by atoms with van der Waals surface area (Å²) >= 11 is 1.72. The van der Waals surface area contributed by atoms with E-state index in [1.807, 2.05) is 30.3 Å². The van der Waals surface area contributed by atoms with Gasteiger partial charge in [-0.25, -0.2) is 4.79 Å². The highest BCUT2D eigenvalue weighted by atomic mass is 32.2. The average Bonchev–Trinajstić information content (AvgIpc) is 3.11. The predicted octanol–water partition coefficient (Wildman–Crippen LogP) is 2.14. The smallest absolute Gasteiger partial charge is 0.314 e. The predicted molar refractivity (Wildman–Crippen MR) is 88.2 cm³/mol. The lowest BCUT2D eigenvalue weighted by Gasteiger charge is -2.21. The molecular formula is C16H20N2O3S. The summed E-state index contributed by atoms with van der Waals surface area (Å²) in [6.45, 7) is 0.801. The van der Waals surface area contributed by atoms with E-state index in [4.69, 9.17) is 4.42 Å². The van der Waals surface area contributed by atoms with Crippen molar-refractivity contribution < 1.29 is 14.3 Å². The Bertz CT molecular complexity index is 617. The zero-order chi connectivity index (χ0) is 15.4. The average molecular weight is 320 g/mol. The van der Waals surface area contributed by atoms with Gasteiger partial charge in [0.25, 0.3) is 0 Å². The molecule has 3 rings (SSSR count). The van der Waals surface area contributed by atoms with Crippen LogP contribution in [0.15, 0.2) is 34.7 Å². The molecule has 1 aliphatic rings. The molecule has 6 heteroatoms. The molecule has 0 bridgehead atoms. The van der Waals surface area contributed by atoms with Gasteiger partial charge in [0.05, 0.1) is 5.60 Å². The van der Waals surface area contributed by atoms with Crippen LogP contribution in [-0.2, 0) is 6.42 Å². The molecule has 1 aromatic heterocycles. The third kappa shape index (κ3) is 3.75. The summed E-state index contributed by atoms with van der Waals surface area (Å²) in [6, 6.07) is 9.59. The number of aliphatic hydroxyl groups is 1. The summed E-state index contributed by atoms with van der Waals surface area (Å²) in [5, 5.41) is 16.7. The van der Waals surface area contributed by atoms with E-state index in [0.29, 0.717) is 25.3 Å². The van der Waals surface area contributed by atoms with Crippen LogP contribution in [0.3, 0.4) is 0 Å². The van der Waals surface area contributed by atoms with Crippen LogP contribution in [0.1, 0.15) is 12.2 Å². The standard InChI is InChI=1S/C16H20N2O3S/c19-15(18-10-16(20)6-8-22-11-16)17-7-5-13-9-12-3-1-2-4-14(12)21-13/h1-4,9,20H,5-8,10-11H2,(H2,17,18,19). The highest BCUT2D eigenvalue weighted by molar-refractivity contribution is 7.99. The first-order valence-corrected chi connectivity index (χ1v) is 8.59. The van der Waals surface area contributed by atoms with Crippen molar-refractivity contribution in [1.82, 2.24) is 10.6 Å². The molecule has 0 saturated carbocycles. The number of carbonyl (C=O) groups excluding carboxylic acids is 1. The molecule has 0 aliphatic carbocycles. The highest BCUT2D eigenvalue weighted by Crippen LogP contribution is 2.26. The first kappa shape index (κ1) is 15.2. The van der Waals surface area contributed by atoms with Crippen LogP contribution in [0.25, 0.3) is 11.0 Å². The van der Waals surface area contributed by atoms with Gasteiger partial charge in [0.15, 0.2) is 0 Å². The van der Waals surface area contributed by atoms with Crippen LogP contribution in [-0.4, -0.2) is 41.3 Å². The zero-order valence-corrected chi connectivity index (χ0v) is 13.1.